The molecule has 0 N–H and O–H groups in total. The average molecular weight is 781 g/mol. The third-order valence-corrected chi connectivity index (χ3v) is 24.2. The van der Waals surface area contributed by atoms with Crippen LogP contribution in [0.1, 0.15) is 130 Å². The van der Waals surface area contributed by atoms with Crippen LogP contribution in [-0.2, 0) is 24.4 Å². The maximum Gasteiger partial charge on any atom is -1.00 e. The molecular formula is C47H54Cl2Zr. The van der Waals surface area contributed by atoms with Crippen molar-refractivity contribution in [1.82, 2.24) is 0 Å². The Hall–Kier alpha value is -2.05. The topological polar surface area (TPSA) is 0 Å². The van der Waals surface area contributed by atoms with Crippen LogP contribution in [0.2, 0.25) is 0 Å². The summed E-state index contributed by atoms with van der Waals surface area (Å²) in [4.78, 5) is 0. The van der Waals surface area contributed by atoms with E-state index in [4.69, 9.17) is 0 Å². The van der Waals surface area contributed by atoms with E-state index in [1.807, 2.05) is 6.49 Å². The second kappa shape index (κ2) is 14.1. The van der Waals surface area contributed by atoms with E-state index in [0.29, 0.717) is 29.6 Å². The second-order valence-electron chi connectivity index (χ2n) is 16.3. The Balaban J connectivity index is 0.00000216. The summed E-state index contributed by atoms with van der Waals surface area (Å²) in [5.41, 5.74) is 17.2. The van der Waals surface area contributed by atoms with Crippen LogP contribution in [0.15, 0.2) is 76.1 Å². The fraction of sp³-hybridized carbons (Fsp3) is 0.426. The number of halogens is 2. The predicted molar refractivity (Wildman–Crippen MR) is 205 cm³/mol. The number of hydrogen-bond donors (Lipinski definition) is 0. The number of fused-ring (bicyclic) bond motifs is 8. The van der Waals surface area contributed by atoms with Gasteiger partial charge in [0.15, 0.2) is 0 Å². The summed E-state index contributed by atoms with van der Waals surface area (Å²) in [6.45, 7) is 22.9. The van der Waals surface area contributed by atoms with Gasteiger partial charge in [-0.15, -0.1) is 0 Å². The van der Waals surface area contributed by atoms with Crippen LogP contribution in [0.5, 0.6) is 0 Å². The van der Waals surface area contributed by atoms with Gasteiger partial charge in [-0.3, -0.25) is 0 Å². The first-order chi connectivity index (χ1) is 23.1. The van der Waals surface area contributed by atoms with E-state index in [1.165, 1.54) is 76.3 Å². The van der Waals surface area contributed by atoms with Crippen molar-refractivity contribution < 1.29 is 46.1 Å². The number of benzene rings is 4. The minimum absolute atomic E-state index is 0. The molecule has 0 aromatic heterocycles. The molecule has 1 fully saturated rings. The van der Waals surface area contributed by atoms with Gasteiger partial charge in [0.05, 0.1) is 0 Å². The van der Waals surface area contributed by atoms with Crippen LogP contribution >= 0.6 is 0 Å². The van der Waals surface area contributed by atoms with Gasteiger partial charge in [0.25, 0.3) is 0 Å². The van der Waals surface area contributed by atoms with Crippen LogP contribution in [0, 0.1) is 38.5 Å². The fourth-order valence-corrected chi connectivity index (χ4v) is 22.5. The van der Waals surface area contributed by atoms with E-state index in [9.17, 15) is 0 Å². The second-order valence-corrected chi connectivity index (χ2v) is 23.9. The molecule has 0 heterocycles. The molecule has 0 nitrogen and oxygen atoms in total. The molecule has 0 radical (unpaired) electrons. The van der Waals surface area contributed by atoms with E-state index in [0.717, 1.165) is 0 Å². The van der Waals surface area contributed by atoms with Crippen molar-refractivity contribution in [2.75, 3.05) is 0 Å². The molecule has 3 heteroatoms. The summed E-state index contributed by atoms with van der Waals surface area (Å²) in [5, 5.41) is 3.03. The molecule has 50 heavy (non-hydrogen) atoms. The molecule has 0 amide bonds. The van der Waals surface area contributed by atoms with Crippen molar-refractivity contribution in [2.45, 2.75) is 109 Å². The summed E-state index contributed by atoms with van der Waals surface area (Å²) < 4.78 is 4.07. The first-order valence-electron chi connectivity index (χ1n) is 19.0. The number of allylic oxidation sites excluding steroid dienone is 4. The Labute approximate surface area is 322 Å². The number of rotatable bonds is 3. The molecule has 4 aromatic rings. The summed E-state index contributed by atoms with van der Waals surface area (Å²) in [6, 6.07) is 23.4. The van der Waals surface area contributed by atoms with Crippen molar-refractivity contribution in [3.63, 3.8) is 0 Å². The van der Waals surface area contributed by atoms with Gasteiger partial charge in [0.1, 0.15) is 0 Å². The Kier molecular flexibility index (Phi) is 10.6. The Morgan fingerprint density at radius 3 is 2.04 bits per heavy atom. The van der Waals surface area contributed by atoms with Gasteiger partial charge in [-0.05, 0) is 0 Å². The molecule has 0 spiro atoms. The largest absolute Gasteiger partial charge is 1.00 e. The van der Waals surface area contributed by atoms with E-state index in [2.05, 4.69) is 135 Å². The zero-order valence-corrected chi connectivity index (χ0v) is 35.6. The number of aryl methyl sites for hydroxylation is 1. The Morgan fingerprint density at radius 2 is 1.36 bits per heavy atom. The minimum atomic E-state index is -2.57. The van der Waals surface area contributed by atoms with Gasteiger partial charge in [0, 0.05) is 0 Å². The summed E-state index contributed by atoms with van der Waals surface area (Å²) >= 11 is -2.57. The minimum Gasteiger partial charge on any atom is -1.00 e. The predicted octanol–water partition coefficient (Wildman–Crippen LogP) is 6.88. The van der Waals surface area contributed by atoms with Gasteiger partial charge in [-0.2, -0.15) is 0 Å². The summed E-state index contributed by atoms with van der Waals surface area (Å²) in [5.74, 6) is 2.72. The standard InChI is InChI=1S/C29H33.C12H11.C6H10.2ClH.Zr/c1-14-13-24-25(18(5)15(14)2)21(8)28-27-20(7)17(4)16(3)19(6)26(27)22-11-9-10-12-23(22)29(24)28;1-10-7-8-12(9-10)11-5-3-2-4-6-11;1-2-4-6-5-3-1;;;/h9-13,16-17,19,21H,1-8H3;2-6,8-10H,1H3;1-5H2;2*1H;/q;;;;;+2/p-2. The van der Waals surface area contributed by atoms with Gasteiger partial charge < -0.3 is 24.8 Å². The van der Waals surface area contributed by atoms with E-state index < -0.39 is 21.3 Å². The molecule has 0 aliphatic heterocycles. The first kappa shape index (κ1) is 37.7. The van der Waals surface area contributed by atoms with Gasteiger partial charge in [0.2, 0.25) is 0 Å². The Bertz CT molecular complexity index is 2070. The smallest absolute Gasteiger partial charge is 1.00 e. The molecule has 0 bridgehead atoms. The average Bonchev–Trinajstić information content (AvgIpc) is 3.62. The van der Waals surface area contributed by atoms with Crippen LogP contribution < -0.4 is 24.8 Å². The molecule has 4 aliphatic rings. The van der Waals surface area contributed by atoms with Gasteiger partial charge >= 0.3 is 300 Å². The zero-order chi connectivity index (χ0) is 33.6. The van der Waals surface area contributed by atoms with Crippen molar-refractivity contribution in [3.05, 3.63) is 121 Å². The molecule has 6 atom stereocenters. The van der Waals surface area contributed by atoms with Crippen molar-refractivity contribution >= 4 is 19.6 Å². The van der Waals surface area contributed by atoms with Crippen molar-refractivity contribution in [3.8, 4) is 11.1 Å². The maximum absolute atomic E-state index is 2.83. The fourth-order valence-electron chi connectivity index (χ4n) is 11.0. The van der Waals surface area contributed by atoms with Crippen LogP contribution in [0.25, 0.3) is 27.5 Å². The molecule has 1 saturated carbocycles. The molecular weight excluding hydrogens is 727 g/mol. The molecule has 4 aromatic carbocycles. The van der Waals surface area contributed by atoms with Gasteiger partial charge in [-0.1, -0.05) is 0 Å². The molecule has 6 unspecified atom stereocenters. The third-order valence-electron chi connectivity index (χ3n) is 14.1. The molecule has 8 rings (SSSR count). The SMILES string of the molecule is Cc1cc2c(c(C)c1C)C(C)c1c3c(c4ccccc4c1-2)C(C)C(C)C(C)[C]3(C)[Zr+2]([C]1=CC(c2ccccc2)=CC1C)=[C]1CCCCC1.[Cl-].[Cl-]. The van der Waals surface area contributed by atoms with Crippen LogP contribution in [0.4, 0.5) is 0 Å². The van der Waals surface area contributed by atoms with Crippen LogP contribution in [0.3, 0.4) is 0 Å². The summed E-state index contributed by atoms with van der Waals surface area (Å²) in [6.07, 6.45) is 12.3. The summed E-state index contributed by atoms with van der Waals surface area (Å²) in [7, 11) is 0. The first-order valence-corrected chi connectivity index (χ1v) is 22.7. The van der Waals surface area contributed by atoms with E-state index in [-0.39, 0.29) is 27.9 Å². The van der Waals surface area contributed by atoms with E-state index >= 15 is 0 Å². The maximum atomic E-state index is 2.83. The van der Waals surface area contributed by atoms with Crippen LogP contribution in [-0.4, -0.2) is 3.21 Å². The molecule has 0 saturated heterocycles. The molecule has 260 valence electrons. The van der Waals surface area contributed by atoms with Crippen molar-refractivity contribution in [1.29, 1.82) is 0 Å². The van der Waals surface area contributed by atoms with Crippen molar-refractivity contribution in [2.24, 2.45) is 17.8 Å². The normalized spacial score (nSPS) is 26.5. The zero-order valence-electron chi connectivity index (χ0n) is 31.6. The van der Waals surface area contributed by atoms with E-state index in [1.54, 1.807) is 27.8 Å². The molecule has 4 aliphatic carbocycles. The quantitative estimate of drug-likeness (QED) is 0.213. The Morgan fingerprint density at radius 1 is 0.720 bits per heavy atom. The third kappa shape index (κ3) is 5.42. The number of hydrogen-bond acceptors (Lipinski definition) is 0. The monoisotopic (exact) mass is 778 g/mol. The van der Waals surface area contributed by atoms with Gasteiger partial charge in [-0.25, -0.2) is 0 Å².